The number of nitrogens with zero attached hydrogens (tertiary/aromatic N) is 1. The van der Waals surface area contributed by atoms with E-state index in [0.717, 1.165) is 0 Å². The monoisotopic (exact) mass is 351 g/mol. The van der Waals surface area contributed by atoms with Crippen LogP contribution in [0, 0.1) is 0 Å². The number of hydrogen-bond acceptors (Lipinski definition) is 4. The molecule has 0 atom stereocenters. The van der Waals surface area contributed by atoms with E-state index in [1.165, 1.54) is 42.1 Å². The number of benzene rings is 2. The Labute approximate surface area is 147 Å². The second-order valence-electron chi connectivity index (χ2n) is 5.52. The minimum absolute atomic E-state index is 0.113. The number of carbonyl (C=O) groups is 1. The van der Waals surface area contributed by atoms with E-state index in [0.29, 0.717) is 16.6 Å². The van der Waals surface area contributed by atoms with Gasteiger partial charge in [0.1, 0.15) is 5.75 Å². The first-order valence-electron chi connectivity index (χ1n) is 7.62. The molecule has 0 unspecified atom stereocenters. The molecule has 0 fully saturated rings. The average Bonchev–Trinajstić information content (AvgIpc) is 2.91. The fourth-order valence-corrected chi connectivity index (χ4v) is 2.54. The normalized spacial score (nSPS) is 11.5. The summed E-state index contributed by atoms with van der Waals surface area (Å²) in [5, 5.41) is 24.6. The molecule has 3 rings (SSSR count). The largest absolute Gasteiger partial charge is 0.870 e. The summed E-state index contributed by atoms with van der Waals surface area (Å²) in [4.78, 5) is 23.6. The zero-order chi connectivity index (χ0) is 18.8. The van der Waals surface area contributed by atoms with E-state index < -0.39 is 11.5 Å². The summed E-state index contributed by atoms with van der Waals surface area (Å²) < 4.78 is 6.24. The van der Waals surface area contributed by atoms with Gasteiger partial charge < -0.3 is 14.9 Å². The van der Waals surface area contributed by atoms with Crippen LogP contribution in [0.2, 0.25) is 0 Å². The van der Waals surface area contributed by atoms with Crippen LogP contribution in [-0.2, 0) is 0 Å². The molecular formula is C19H15N2O5-. The predicted octanol–water partition coefficient (Wildman–Crippen LogP) is 0.185. The van der Waals surface area contributed by atoms with Crippen molar-refractivity contribution in [2.75, 3.05) is 7.11 Å². The van der Waals surface area contributed by atoms with Crippen molar-refractivity contribution in [2.24, 2.45) is 0 Å². The Morgan fingerprint density at radius 1 is 1.27 bits per heavy atom. The summed E-state index contributed by atoms with van der Waals surface area (Å²) in [6.07, 6.45) is 1.45. The molecule has 7 nitrogen and oxygen atoms in total. The summed E-state index contributed by atoms with van der Waals surface area (Å²) in [6, 6.07) is 10.6. The van der Waals surface area contributed by atoms with Gasteiger partial charge in [-0.1, -0.05) is 24.5 Å². The Kier molecular flexibility index (Phi) is 4.36. The molecule has 1 aromatic heterocycles. The van der Waals surface area contributed by atoms with Crippen LogP contribution in [0.1, 0.15) is 15.9 Å². The van der Waals surface area contributed by atoms with Crippen LogP contribution >= 0.6 is 0 Å². The molecular weight excluding hydrogens is 336 g/mol. The van der Waals surface area contributed by atoms with Crippen molar-refractivity contribution in [2.45, 2.75) is 0 Å². The molecule has 26 heavy (non-hydrogen) atoms. The first kappa shape index (κ1) is 17.1. The highest BCUT2D eigenvalue weighted by Gasteiger charge is 2.07. The SMILES string of the molecule is C=c1[nH]n(-c2ccc(C(=O)O)cc2)c(=O)/c1=C\c1cccc(OC)c1[O-]. The van der Waals surface area contributed by atoms with Crippen molar-refractivity contribution in [1.82, 2.24) is 9.78 Å². The van der Waals surface area contributed by atoms with Gasteiger partial charge in [-0.25, -0.2) is 9.48 Å². The molecule has 0 amide bonds. The number of nitrogens with one attached hydrogen (secondary N) is 1. The second-order valence-corrected chi connectivity index (χ2v) is 5.52. The zero-order valence-corrected chi connectivity index (χ0v) is 13.9. The highest BCUT2D eigenvalue weighted by atomic mass is 16.5. The topological polar surface area (TPSA) is 107 Å². The summed E-state index contributed by atoms with van der Waals surface area (Å²) in [7, 11) is 1.40. The Hall–Kier alpha value is -3.74. The van der Waals surface area contributed by atoms with E-state index in [4.69, 9.17) is 9.84 Å². The number of aromatic amines is 1. The van der Waals surface area contributed by atoms with Crippen molar-refractivity contribution < 1.29 is 19.7 Å². The summed E-state index contributed by atoms with van der Waals surface area (Å²) in [6.45, 7) is 3.81. The zero-order valence-electron chi connectivity index (χ0n) is 13.9. The molecule has 2 N–H and O–H groups in total. The van der Waals surface area contributed by atoms with Crippen LogP contribution in [-0.4, -0.2) is 28.0 Å². The molecule has 0 saturated heterocycles. The lowest BCUT2D eigenvalue weighted by Crippen LogP contribution is -2.34. The number of ether oxygens (including phenoxy) is 1. The molecule has 0 aliphatic heterocycles. The fraction of sp³-hybridized carbons (Fsp3) is 0.0526. The Morgan fingerprint density at radius 3 is 2.58 bits per heavy atom. The number of rotatable bonds is 4. The Balaban J connectivity index is 2.14. The lowest BCUT2D eigenvalue weighted by molar-refractivity contribution is -0.270. The van der Waals surface area contributed by atoms with Crippen LogP contribution in [0.4, 0.5) is 0 Å². The van der Waals surface area contributed by atoms with E-state index in [2.05, 4.69) is 11.7 Å². The van der Waals surface area contributed by atoms with Gasteiger partial charge in [-0.2, -0.15) is 0 Å². The summed E-state index contributed by atoms with van der Waals surface area (Å²) >= 11 is 0. The van der Waals surface area contributed by atoms with E-state index in [1.54, 1.807) is 18.2 Å². The molecule has 0 aliphatic carbocycles. The third-order valence-corrected chi connectivity index (χ3v) is 3.91. The van der Waals surface area contributed by atoms with E-state index in [9.17, 15) is 14.7 Å². The highest BCUT2D eigenvalue weighted by Crippen LogP contribution is 2.26. The Morgan fingerprint density at radius 2 is 1.96 bits per heavy atom. The smallest absolute Gasteiger partial charge is 0.335 e. The van der Waals surface area contributed by atoms with Crippen LogP contribution in [0.25, 0.3) is 18.3 Å². The van der Waals surface area contributed by atoms with Crippen LogP contribution < -0.4 is 26.0 Å². The average molecular weight is 351 g/mol. The van der Waals surface area contributed by atoms with Gasteiger partial charge in [0, 0.05) is 0 Å². The first-order valence-corrected chi connectivity index (χ1v) is 7.62. The third-order valence-electron chi connectivity index (χ3n) is 3.91. The number of hydrogen-bond donors (Lipinski definition) is 2. The highest BCUT2D eigenvalue weighted by molar-refractivity contribution is 5.87. The van der Waals surface area contributed by atoms with Crippen molar-refractivity contribution in [1.29, 1.82) is 0 Å². The molecule has 3 aromatic rings. The summed E-state index contributed by atoms with van der Waals surface area (Å²) in [5.74, 6) is -1.19. The molecule has 0 spiro atoms. The van der Waals surface area contributed by atoms with Gasteiger partial charge in [0.05, 0.1) is 28.9 Å². The maximum atomic E-state index is 12.7. The molecule has 0 radical (unpaired) electrons. The first-order chi connectivity index (χ1) is 12.4. The van der Waals surface area contributed by atoms with Crippen LogP contribution in [0.3, 0.4) is 0 Å². The van der Waals surface area contributed by atoms with Crippen LogP contribution in [0.15, 0.2) is 47.3 Å². The number of methoxy groups -OCH3 is 1. The number of aromatic nitrogens is 2. The maximum absolute atomic E-state index is 12.7. The standard InChI is InChI=1S/C19H16N2O5/c1-11-15(10-13-4-3-5-16(26-2)17(13)22)18(23)21(20-11)14-8-6-12(7-9-14)19(24)25/h3-10,20,22H,1H2,2H3,(H,24,25)/p-1/b15-10-. The van der Waals surface area contributed by atoms with Crippen molar-refractivity contribution in [3.8, 4) is 17.2 Å². The number of H-pyrrole nitrogens is 1. The fourth-order valence-electron chi connectivity index (χ4n) is 2.54. The Bertz CT molecular complexity index is 1140. The molecule has 7 heteroatoms. The van der Waals surface area contributed by atoms with Gasteiger partial charge in [-0.15, -0.1) is 0 Å². The number of carboxylic acid groups (broad SMARTS) is 1. The van der Waals surface area contributed by atoms with Gasteiger partial charge >= 0.3 is 5.97 Å². The lowest BCUT2D eigenvalue weighted by Gasteiger charge is -2.14. The van der Waals surface area contributed by atoms with Crippen molar-refractivity contribution in [3.63, 3.8) is 0 Å². The van der Waals surface area contributed by atoms with Crippen LogP contribution in [0.5, 0.6) is 11.5 Å². The number of carboxylic acids is 1. The number of aromatic carboxylic acids is 1. The molecule has 0 aliphatic rings. The predicted molar refractivity (Wildman–Crippen MR) is 94.1 cm³/mol. The van der Waals surface area contributed by atoms with Crippen molar-refractivity contribution in [3.05, 3.63) is 74.5 Å². The van der Waals surface area contributed by atoms with E-state index >= 15 is 0 Å². The van der Waals surface area contributed by atoms with E-state index in [-0.39, 0.29) is 22.3 Å². The minimum Gasteiger partial charge on any atom is -0.870 e. The lowest BCUT2D eigenvalue weighted by atomic mass is 10.1. The van der Waals surface area contributed by atoms with Gasteiger partial charge in [0.15, 0.2) is 0 Å². The summed E-state index contributed by atoms with van der Waals surface area (Å²) in [5.41, 5.74) is 0.471. The quantitative estimate of drug-likeness (QED) is 0.697. The van der Waals surface area contributed by atoms with Crippen molar-refractivity contribution >= 4 is 18.6 Å². The molecule has 0 saturated carbocycles. The molecule has 132 valence electrons. The van der Waals surface area contributed by atoms with Gasteiger partial charge in [-0.3, -0.25) is 9.89 Å². The molecule has 0 bridgehead atoms. The number of para-hydroxylation sites is 1. The van der Waals surface area contributed by atoms with Gasteiger partial charge in [0.25, 0.3) is 5.56 Å². The molecule has 1 heterocycles. The van der Waals surface area contributed by atoms with E-state index in [1.807, 2.05) is 0 Å². The maximum Gasteiger partial charge on any atom is 0.335 e. The van der Waals surface area contributed by atoms with Gasteiger partial charge in [-0.05, 0) is 42.0 Å². The third kappa shape index (κ3) is 2.98. The minimum atomic E-state index is -1.05. The van der Waals surface area contributed by atoms with Gasteiger partial charge in [0.2, 0.25) is 0 Å². The molecule has 2 aromatic carbocycles. The second kappa shape index (κ2) is 6.64.